The maximum Gasteiger partial charge on any atom is 0.328 e. The van der Waals surface area contributed by atoms with Crippen LogP contribution < -0.4 is 9.64 Å². The highest BCUT2D eigenvalue weighted by Crippen LogP contribution is 2.38. The number of hydrogen-bond acceptors (Lipinski definition) is 5. The molecule has 2 rings (SSSR count). The molecule has 1 aliphatic rings. The Kier molecular flexibility index (Phi) is 4.92. The number of thioether (sulfide) groups is 1. The first-order chi connectivity index (χ1) is 9.93. The van der Waals surface area contributed by atoms with Crippen LogP contribution in [0.3, 0.4) is 0 Å². The monoisotopic (exact) mass is 314 g/mol. The molecule has 7 heteroatoms. The summed E-state index contributed by atoms with van der Waals surface area (Å²) in [5.41, 5.74) is -0.159. The Labute approximate surface area is 127 Å². The predicted molar refractivity (Wildman–Crippen MR) is 82.9 cm³/mol. The Balaban J connectivity index is 2.41. The topological polar surface area (TPSA) is 55.6 Å². The van der Waals surface area contributed by atoms with Crippen LogP contribution in [-0.2, 0) is 0 Å². The number of halogens is 1. The third-order valence-electron chi connectivity index (χ3n) is 3.61. The molecule has 1 heterocycles. The fraction of sp³-hybridized carbons (Fsp3) is 0.571. The fourth-order valence-corrected chi connectivity index (χ4v) is 3.70. The Bertz CT molecular complexity index is 539. The Morgan fingerprint density at radius 3 is 2.81 bits per heavy atom. The van der Waals surface area contributed by atoms with Gasteiger partial charge in [-0.05, 0) is 5.92 Å². The van der Waals surface area contributed by atoms with Gasteiger partial charge in [0.1, 0.15) is 11.4 Å². The summed E-state index contributed by atoms with van der Waals surface area (Å²) in [6.07, 6.45) is 0. The van der Waals surface area contributed by atoms with Crippen molar-refractivity contribution < 1.29 is 14.1 Å². The molecule has 1 aliphatic heterocycles. The average molecular weight is 314 g/mol. The molecule has 0 radical (unpaired) electrons. The van der Waals surface area contributed by atoms with E-state index in [1.165, 1.54) is 7.11 Å². The number of ether oxygens (including phenoxy) is 1. The molecule has 0 spiro atoms. The summed E-state index contributed by atoms with van der Waals surface area (Å²) in [6, 6.07) is 2.61. The summed E-state index contributed by atoms with van der Waals surface area (Å²) in [5, 5.41) is 11.6. The summed E-state index contributed by atoms with van der Waals surface area (Å²) >= 11 is 1.86. The molecule has 1 aromatic rings. The first kappa shape index (κ1) is 15.9. The zero-order chi connectivity index (χ0) is 15.6. The van der Waals surface area contributed by atoms with Gasteiger partial charge >= 0.3 is 5.69 Å². The van der Waals surface area contributed by atoms with E-state index < -0.39 is 16.4 Å². The van der Waals surface area contributed by atoms with Gasteiger partial charge < -0.3 is 9.64 Å². The first-order valence-corrected chi connectivity index (χ1v) is 7.87. The summed E-state index contributed by atoms with van der Waals surface area (Å²) in [7, 11) is 1.42. The van der Waals surface area contributed by atoms with Crippen LogP contribution in [0.25, 0.3) is 0 Å². The molecular weight excluding hydrogens is 295 g/mol. The number of nitro benzene ring substituents is 1. The Morgan fingerprint density at radius 1 is 1.52 bits per heavy atom. The van der Waals surface area contributed by atoms with Crippen molar-refractivity contribution in [2.24, 2.45) is 5.92 Å². The van der Waals surface area contributed by atoms with Gasteiger partial charge in [0.15, 0.2) is 0 Å². The highest BCUT2D eigenvalue weighted by atomic mass is 32.2. The lowest BCUT2D eigenvalue weighted by Gasteiger charge is -2.35. The lowest BCUT2D eigenvalue weighted by Crippen LogP contribution is -2.40. The molecule has 1 saturated heterocycles. The van der Waals surface area contributed by atoms with Gasteiger partial charge in [0, 0.05) is 36.2 Å². The molecular formula is C14H19FN2O3S. The van der Waals surface area contributed by atoms with Crippen LogP contribution in [0.4, 0.5) is 15.8 Å². The maximum atomic E-state index is 14.0. The third-order valence-corrected chi connectivity index (χ3v) is 5.15. The van der Waals surface area contributed by atoms with Gasteiger partial charge in [-0.15, -0.1) is 0 Å². The number of benzene rings is 1. The van der Waals surface area contributed by atoms with E-state index in [4.69, 9.17) is 4.74 Å². The zero-order valence-electron chi connectivity index (χ0n) is 12.3. The van der Waals surface area contributed by atoms with E-state index in [2.05, 4.69) is 13.8 Å². The predicted octanol–water partition coefficient (Wildman–Crippen LogP) is 3.32. The van der Waals surface area contributed by atoms with E-state index in [9.17, 15) is 14.5 Å². The summed E-state index contributed by atoms with van der Waals surface area (Å²) in [4.78, 5) is 12.4. The van der Waals surface area contributed by atoms with E-state index in [1.807, 2.05) is 16.7 Å². The van der Waals surface area contributed by atoms with Gasteiger partial charge in [-0.2, -0.15) is 16.2 Å². The Morgan fingerprint density at radius 2 is 2.24 bits per heavy atom. The van der Waals surface area contributed by atoms with Crippen LogP contribution in [0.1, 0.15) is 13.8 Å². The van der Waals surface area contributed by atoms with Gasteiger partial charge in [-0.25, -0.2) is 0 Å². The molecule has 0 saturated carbocycles. The van der Waals surface area contributed by atoms with Crippen LogP contribution in [0.5, 0.6) is 5.75 Å². The number of hydrogen-bond donors (Lipinski definition) is 0. The summed E-state index contributed by atoms with van der Waals surface area (Å²) in [5.74, 6) is 0.784. The molecule has 1 unspecified atom stereocenters. The number of nitrogens with zero attached hydrogens (tertiary/aromatic N) is 2. The van der Waals surface area contributed by atoms with Crippen LogP contribution in [0, 0.1) is 21.8 Å². The molecule has 1 aromatic carbocycles. The molecule has 0 amide bonds. The van der Waals surface area contributed by atoms with Gasteiger partial charge in [-0.3, -0.25) is 10.1 Å². The highest BCUT2D eigenvalue weighted by molar-refractivity contribution is 8.00. The summed E-state index contributed by atoms with van der Waals surface area (Å²) in [6.45, 7) is 5.60. The van der Waals surface area contributed by atoms with E-state index in [0.29, 0.717) is 35.7 Å². The van der Waals surface area contributed by atoms with Crippen LogP contribution in [-0.4, -0.2) is 36.1 Å². The number of methoxy groups -OCH3 is 1. The van der Waals surface area contributed by atoms with Crippen LogP contribution in [0.15, 0.2) is 12.1 Å². The van der Waals surface area contributed by atoms with Crippen molar-refractivity contribution in [3.63, 3.8) is 0 Å². The smallest absolute Gasteiger partial charge is 0.328 e. The van der Waals surface area contributed by atoms with Crippen molar-refractivity contribution in [2.45, 2.75) is 19.1 Å². The largest absolute Gasteiger partial charge is 0.497 e. The van der Waals surface area contributed by atoms with Gasteiger partial charge in [0.2, 0.25) is 5.82 Å². The normalized spacial score (nSPS) is 18.9. The van der Waals surface area contributed by atoms with Crippen molar-refractivity contribution in [2.75, 3.05) is 30.9 Å². The minimum Gasteiger partial charge on any atom is -0.497 e. The number of rotatable bonds is 4. The van der Waals surface area contributed by atoms with E-state index in [1.54, 1.807) is 6.07 Å². The van der Waals surface area contributed by atoms with E-state index >= 15 is 0 Å². The van der Waals surface area contributed by atoms with Gasteiger partial charge in [-0.1, -0.05) is 13.8 Å². The molecule has 0 aromatic heterocycles. The lowest BCUT2D eigenvalue weighted by molar-refractivity contribution is -0.386. The van der Waals surface area contributed by atoms with Crippen molar-refractivity contribution >= 4 is 23.1 Å². The maximum absolute atomic E-state index is 14.0. The first-order valence-electron chi connectivity index (χ1n) is 6.82. The molecule has 21 heavy (non-hydrogen) atoms. The molecule has 116 valence electrons. The molecule has 1 atom stereocenters. The van der Waals surface area contributed by atoms with Gasteiger partial charge in [0.25, 0.3) is 0 Å². The second-order valence-corrected chi connectivity index (χ2v) is 6.68. The lowest BCUT2D eigenvalue weighted by atomic mass is 10.1. The van der Waals surface area contributed by atoms with Gasteiger partial charge in [0.05, 0.1) is 12.0 Å². The van der Waals surface area contributed by atoms with E-state index in [0.717, 1.165) is 11.8 Å². The minimum absolute atomic E-state index is 0.299. The third kappa shape index (κ3) is 3.40. The second kappa shape index (κ2) is 6.51. The van der Waals surface area contributed by atoms with Crippen molar-refractivity contribution in [1.82, 2.24) is 0 Å². The Hall–Kier alpha value is -1.50. The standard InChI is InChI=1S/C14H19FN2O3S/c1-9(2)13-8-16(4-5-21-13)12-7-10(20-3)6-11(15)14(12)17(18)19/h6-7,9,13H,4-5,8H2,1-3H3. The van der Waals surface area contributed by atoms with Crippen molar-refractivity contribution in [1.29, 1.82) is 0 Å². The average Bonchev–Trinajstić information content (AvgIpc) is 2.45. The fourth-order valence-electron chi connectivity index (χ4n) is 2.40. The summed E-state index contributed by atoms with van der Waals surface area (Å²) < 4.78 is 19.0. The van der Waals surface area contributed by atoms with Crippen molar-refractivity contribution in [3.05, 3.63) is 28.1 Å². The van der Waals surface area contributed by atoms with Crippen molar-refractivity contribution in [3.8, 4) is 5.75 Å². The molecule has 0 aliphatic carbocycles. The second-order valence-electron chi connectivity index (χ2n) is 5.33. The van der Waals surface area contributed by atoms with Crippen LogP contribution >= 0.6 is 11.8 Å². The molecule has 0 N–H and O–H groups in total. The number of nitro groups is 1. The molecule has 1 fully saturated rings. The van der Waals surface area contributed by atoms with Crippen LogP contribution in [0.2, 0.25) is 0 Å². The highest BCUT2D eigenvalue weighted by Gasteiger charge is 2.30. The minimum atomic E-state index is -0.853. The zero-order valence-corrected chi connectivity index (χ0v) is 13.2. The quantitative estimate of drug-likeness (QED) is 0.630. The number of anilines is 1. The SMILES string of the molecule is COc1cc(F)c([N+](=O)[O-])c(N2CCSC(C(C)C)C2)c1. The molecule has 5 nitrogen and oxygen atoms in total. The van der Waals surface area contributed by atoms with E-state index in [-0.39, 0.29) is 0 Å². The molecule has 0 bridgehead atoms.